The lowest BCUT2D eigenvalue weighted by atomic mass is 10.0. The molecule has 114 valence electrons. The monoisotopic (exact) mass is 302 g/mol. The van der Waals surface area contributed by atoms with Crippen LogP contribution in [0.25, 0.3) is 16.8 Å². The van der Waals surface area contributed by atoms with Crippen LogP contribution < -0.4 is 5.32 Å². The second kappa shape index (κ2) is 6.88. The maximum absolute atomic E-state index is 12.0. The van der Waals surface area contributed by atoms with E-state index in [1.165, 1.54) is 5.39 Å². The first-order valence-electron chi connectivity index (χ1n) is 7.58. The molecule has 0 bridgehead atoms. The molecule has 0 aliphatic rings. The molecule has 0 aliphatic heterocycles. The summed E-state index contributed by atoms with van der Waals surface area (Å²) in [5.41, 5.74) is 2.84. The summed E-state index contributed by atoms with van der Waals surface area (Å²) in [5.74, 6) is -0.124. The van der Waals surface area contributed by atoms with Crippen molar-refractivity contribution in [2.45, 2.75) is 13.5 Å². The summed E-state index contributed by atoms with van der Waals surface area (Å²) in [6.45, 7) is 2.37. The second-order valence-corrected chi connectivity index (χ2v) is 5.39. The minimum absolute atomic E-state index is 0.124. The SMILES string of the molecule is Cc1cccc(CNC(=O)/C=C/c2cccc3ccccc23)n1. The highest BCUT2D eigenvalue weighted by molar-refractivity contribution is 5.96. The molecular formula is C20H18N2O. The Hall–Kier alpha value is -2.94. The van der Waals surface area contributed by atoms with Crippen LogP contribution in [0.3, 0.4) is 0 Å². The van der Waals surface area contributed by atoms with E-state index in [0.717, 1.165) is 22.3 Å². The number of carbonyl (C=O) groups excluding carboxylic acids is 1. The number of rotatable bonds is 4. The molecule has 0 radical (unpaired) electrons. The molecule has 3 heteroatoms. The van der Waals surface area contributed by atoms with Crippen molar-refractivity contribution in [3.05, 3.63) is 83.7 Å². The summed E-state index contributed by atoms with van der Waals surface area (Å²) in [4.78, 5) is 16.4. The highest BCUT2D eigenvalue weighted by Crippen LogP contribution is 2.19. The van der Waals surface area contributed by atoms with Crippen LogP contribution in [-0.4, -0.2) is 10.9 Å². The van der Waals surface area contributed by atoms with Crippen LogP contribution in [0.5, 0.6) is 0 Å². The van der Waals surface area contributed by atoms with Gasteiger partial charge in [0.25, 0.3) is 0 Å². The fourth-order valence-electron chi connectivity index (χ4n) is 2.50. The third-order valence-electron chi connectivity index (χ3n) is 3.63. The lowest BCUT2D eigenvalue weighted by Gasteiger charge is -2.03. The zero-order chi connectivity index (χ0) is 16.1. The van der Waals surface area contributed by atoms with Gasteiger partial charge < -0.3 is 5.32 Å². The van der Waals surface area contributed by atoms with Crippen molar-refractivity contribution < 1.29 is 4.79 Å². The zero-order valence-electron chi connectivity index (χ0n) is 13.0. The second-order valence-electron chi connectivity index (χ2n) is 5.39. The van der Waals surface area contributed by atoms with Gasteiger partial charge in [0, 0.05) is 11.8 Å². The average Bonchev–Trinajstić information content (AvgIpc) is 2.58. The van der Waals surface area contributed by atoms with Crippen molar-refractivity contribution >= 4 is 22.8 Å². The lowest BCUT2D eigenvalue weighted by molar-refractivity contribution is -0.116. The van der Waals surface area contributed by atoms with Gasteiger partial charge in [-0.25, -0.2) is 0 Å². The van der Waals surface area contributed by atoms with Gasteiger partial charge in [0.15, 0.2) is 0 Å². The van der Waals surface area contributed by atoms with Crippen LogP contribution in [0, 0.1) is 6.92 Å². The lowest BCUT2D eigenvalue weighted by Crippen LogP contribution is -2.20. The van der Waals surface area contributed by atoms with Crippen LogP contribution in [0.15, 0.2) is 66.7 Å². The molecule has 1 aromatic heterocycles. The van der Waals surface area contributed by atoms with E-state index in [1.807, 2.05) is 55.5 Å². The molecule has 23 heavy (non-hydrogen) atoms. The van der Waals surface area contributed by atoms with Gasteiger partial charge in [-0.05, 0) is 41.5 Å². The van der Waals surface area contributed by atoms with E-state index < -0.39 is 0 Å². The Morgan fingerprint density at radius 3 is 2.70 bits per heavy atom. The largest absolute Gasteiger partial charge is 0.347 e. The minimum atomic E-state index is -0.124. The average molecular weight is 302 g/mol. The molecule has 0 aliphatic carbocycles. The fraction of sp³-hybridized carbons (Fsp3) is 0.100. The first kappa shape index (κ1) is 15.0. The number of nitrogens with one attached hydrogen (secondary N) is 1. The first-order chi connectivity index (χ1) is 11.2. The van der Waals surface area contributed by atoms with Gasteiger partial charge in [0.05, 0.1) is 12.2 Å². The Morgan fingerprint density at radius 2 is 1.83 bits per heavy atom. The van der Waals surface area contributed by atoms with Gasteiger partial charge in [-0.2, -0.15) is 0 Å². The summed E-state index contributed by atoms with van der Waals surface area (Å²) in [7, 11) is 0. The van der Waals surface area contributed by atoms with E-state index in [0.29, 0.717) is 6.54 Å². The number of aryl methyl sites for hydroxylation is 1. The maximum Gasteiger partial charge on any atom is 0.244 e. The third kappa shape index (κ3) is 3.83. The molecule has 0 saturated carbocycles. The fourth-order valence-corrected chi connectivity index (χ4v) is 2.50. The van der Waals surface area contributed by atoms with Crippen molar-refractivity contribution in [2.75, 3.05) is 0 Å². The van der Waals surface area contributed by atoms with Gasteiger partial charge in [-0.1, -0.05) is 48.5 Å². The molecule has 0 fully saturated rings. The molecular weight excluding hydrogens is 284 g/mol. The Morgan fingerprint density at radius 1 is 1.04 bits per heavy atom. The number of nitrogens with zero attached hydrogens (tertiary/aromatic N) is 1. The summed E-state index contributed by atoms with van der Waals surface area (Å²) in [6, 6.07) is 20.0. The van der Waals surface area contributed by atoms with Crippen LogP contribution in [-0.2, 0) is 11.3 Å². The van der Waals surface area contributed by atoms with E-state index in [4.69, 9.17) is 0 Å². The van der Waals surface area contributed by atoms with Gasteiger partial charge in [0.1, 0.15) is 0 Å². The summed E-state index contributed by atoms with van der Waals surface area (Å²) >= 11 is 0. The number of pyridine rings is 1. The van der Waals surface area contributed by atoms with Crippen molar-refractivity contribution in [1.29, 1.82) is 0 Å². The molecule has 1 heterocycles. The van der Waals surface area contributed by atoms with Gasteiger partial charge >= 0.3 is 0 Å². The summed E-state index contributed by atoms with van der Waals surface area (Å²) < 4.78 is 0. The van der Waals surface area contributed by atoms with Crippen LogP contribution in [0.4, 0.5) is 0 Å². The van der Waals surface area contributed by atoms with Gasteiger partial charge in [0.2, 0.25) is 5.91 Å². The molecule has 0 unspecified atom stereocenters. The molecule has 0 saturated heterocycles. The standard InChI is InChI=1S/C20H18N2O/c1-15-6-4-10-18(22-15)14-21-20(23)13-12-17-9-5-8-16-7-2-3-11-19(16)17/h2-13H,14H2,1H3,(H,21,23)/b13-12+. The Kier molecular flexibility index (Phi) is 4.48. The Balaban J connectivity index is 1.68. The molecule has 3 aromatic rings. The molecule has 1 N–H and O–H groups in total. The maximum atomic E-state index is 12.0. The van der Waals surface area contributed by atoms with Crippen LogP contribution in [0.2, 0.25) is 0 Å². The van der Waals surface area contributed by atoms with E-state index in [-0.39, 0.29) is 5.91 Å². The molecule has 0 atom stereocenters. The van der Waals surface area contributed by atoms with E-state index in [2.05, 4.69) is 28.5 Å². The molecule has 2 aromatic carbocycles. The van der Waals surface area contributed by atoms with Gasteiger partial charge in [-0.3, -0.25) is 9.78 Å². The Bertz CT molecular complexity index is 863. The number of fused-ring (bicyclic) bond motifs is 1. The number of hydrogen-bond donors (Lipinski definition) is 1. The molecule has 0 spiro atoms. The smallest absolute Gasteiger partial charge is 0.244 e. The topological polar surface area (TPSA) is 42.0 Å². The van der Waals surface area contributed by atoms with E-state index >= 15 is 0 Å². The number of amides is 1. The first-order valence-corrected chi connectivity index (χ1v) is 7.58. The van der Waals surface area contributed by atoms with Crippen molar-refractivity contribution in [2.24, 2.45) is 0 Å². The predicted molar refractivity (Wildman–Crippen MR) is 93.8 cm³/mol. The third-order valence-corrected chi connectivity index (χ3v) is 3.63. The summed E-state index contributed by atoms with van der Waals surface area (Å²) in [6.07, 6.45) is 3.42. The molecule has 1 amide bonds. The van der Waals surface area contributed by atoms with Crippen molar-refractivity contribution in [3.8, 4) is 0 Å². The quantitative estimate of drug-likeness (QED) is 0.743. The predicted octanol–water partition coefficient (Wildman–Crippen LogP) is 3.87. The highest BCUT2D eigenvalue weighted by Gasteiger charge is 2.00. The summed E-state index contributed by atoms with van der Waals surface area (Å²) in [5, 5.41) is 5.16. The minimum Gasteiger partial charge on any atom is -0.347 e. The normalized spacial score (nSPS) is 11.0. The van der Waals surface area contributed by atoms with Crippen LogP contribution in [0.1, 0.15) is 17.0 Å². The molecule has 3 rings (SSSR count). The highest BCUT2D eigenvalue weighted by atomic mass is 16.1. The van der Waals surface area contributed by atoms with E-state index in [9.17, 15) is 4.79 Å². The number of aromatic nitrogens is 1. The van der Waals surface area contributed by atoms with Gasteiger partial charge in [-0.15, -0.1) is 0 Å². The van der Waals surface area contributed by atoms with Crippen molar-refractivity contribution in [1.82, 2.24) is 10.3 Å². The number of hydrogen-bond acceptors (Lipinski definition) is 2. The van der Waals surface area contributed by atoms with Crippen molar-refractivity contribution in [3.63, 3.8) is 0 Å². The zero-order valence-corrected chi connectivity index (χ0v) is 13.0. The van der Waals surface area contributed by atoms with Crippen LogP contribution >= 0.6 is 0 Å². The Labute approximate surface area is 135 Å². The molecule has 3 nitrogen and oxygen atoms in total. The number of carbonyl (C=O) groups is 1. The number of benzene rings is 2. The van der Waals surface area contributed by atoms with E-state index in [1.54, 1.807) is 6.08 Å².